The molecule has 2 N–H and O–H groups in total. The zero-order chi connectivity index (χ0) is 15.3. The Morgan fingerprint density at radius 1 is 1.25 bits per heavy atom. The Kier molecular flexibility index (Phi) is 6.19. The van der Waals surface area contributed by atoms with Crippen LogP contribution in [-0.4, -0.2) is 62.9 Å². The van der Waals surface area contributed by atoms with Gasteiger partial charge in [-0.15, -0.1) is 0 Å². The summed E-state index contributed by atoms with van der Waals surface area (Å²) in [6, 6.07) is 2.05. The molecule has 0 atom stereocenters. The molecule has 0 aromatic carbocycles. The highest BCUT2D eigenvalue weighted by Crippen LogP contribution is 2.15. The van der Waals surface area contributed by atoms with E-state index in [1.54, 1.807) is 19.3 Å². The second kappa shape index (κ2) is 7.21. The number of aromatic amines is 1. The van der Waals surface area contributed by atoms with Gasteiger partial charge in [-0.05, 0) is 20.2 Å². The van der Waals surface area contributed by atoms with Crippen LogP contribution in [0, 0.1) is 0 Å². The maximum absolute atomic E-state index is 12.4. The zero-order valence-electron chi connectivity index (χ0n) is 13.0. The molecule has 0 saturated heterocycles. The van der Waals surface area contributed by atoms with Gasteiger partial charge in [0, 0.05) is 44.6 Å². The van der Waals surface area contributed by atoms with Crippen LogP contribution in [0.25, 0.3) is 0 Å². The van der Waals surface area contributed by atoms with E-state index in [-0.39, 0.29) is 0 Å². The van der Waals surface area contributed by atoms with E-state index in [1.165, 1.54) is 4.31 Å². The zero-order valence-corrected chi connectivity index (χ0v) is 13.8. The quantitative estimate of drug-likeness (QED) is 0.741. The SMILES string of the molecule is CC(C)NCc1cc(S(=O)(=O)N(C)CCN(C)C)c[nH]1. The van der Waals surface area contributed by atoms with Crippen LogP contribution >= 0.6 is 0 Å². The van der Waals surface area contributed by atoms with Gasteiger partial charge in [0.1, 0.15) is 0 Å². The molecule has 0 spiro atoms. The van der Waals surface area contributed by atoms with E-state index in [2.05, 4.69) is 24.1 Å². The Labute approximate surface area is 122 Å². The van der Waals surface area contributed by atoms with Gasteiger partial charge in [-0.3, -0.25) is 0 Å². The first-order valence-corrected chi connectivity index (χ1v) is 8.19. The maximum Gasteiger partial charge on any atom is 0.244 e. The Balaban J connectivity index is 2.72. The summed E-state index contributed by atoms with van der Waals surface area (Å²) in [5, 5.41) is 3.25. The highest BCUT2D eigenvalue weighted by atomic mass is 32.2. The average Bonchev–Trinajstić information content (AvgIpc) is 2.82. The number of rotatable bonds is 8. The lowest BCUT2D eigenvalue weighted by Crippen LogP contribution is -2.33. The van der Waals surface area contributed by atoms with Crippen LogP contribution in [-0.2, 0) is 16.6 Å². The van der Waals surface area contributed by atoms with E-state index in [0.29, 0.717) is 30.6 Å². The lowest BCUT2D eigenvalue weighted by Gasteiger charge is -2.18. The Hall–Kier alpha value is -0.890. The fourth-order valence-corrected chi connectivity index (χ4v) is 2.81. The molecule has 1 aromatic rings. The maximum atomic E-state index is 12.4. The molecule has 0 aliphatic rings. The third-order valence-corrected chi connectivity index (χ3v) is 4.82. The molecule has 0 amide bonds. The van der Waals surface area contributed by atoms with Gasteiger partial charge in [-0.1, -0.05) is 13.8 Å². The van der Waals surface area contributed by atoms with Crippen LogP contribution in [0.5, 0.6) is 0 Å². The van der Waals surface area contributed by atoms with E-state index in [9.17, 15) is 8.42 Å². The summed E-state index contributed by atoms with van der Waals surface area (Å²) in [5.41, 5.74) is 0.873. The monoisotopic (exact) mass is 302 g/mol. The van der Waals surface area contributed by atoms with E-state index in [0.717, 1.165) is 5.69 Å². The standard InChI is InChI=1S/C13H26N4O2S/c1-11(2)14-9-12-8-13(10-15-12)20(18,19)17(5)7-6-16(3)4/h8,10-11,14-15H,6-7,9H2,1-5H3. The second-order valence-electron chi connectivity index (χ2n) is 5.53. The molecule has 0 aliphatic heterocycles. The van der Waals surface area contributed by atoms with Crippen molar-refractivity contribution in [3.63, 3.8) is 0 Å². The van der Waals surface area contributed by atoms with E-state index >= 15 is 0 Å². The number of likely N-dealkylation sites (N-methyl/N-ethyl adjacent to an activating group) is 2. The molecule has 0 saturated carbocycles. The van der Waals surface area contributed by atoms with Crippen molar-refractivity contribution in [2.75, 3.05) is 34.2 Å². The van der Waals surface area contributed by atoms with Crippen LogP contribution in [0.4, 0.5) is 0 Å². The fourth-order valence-electron chi connectivity index (χ4n) is 1.62. The molecule has 20 heavy (non-hydrogen) atoms. The van der Waals surface area contributed by atoms with Crippen molar-refractivity contribution in [1.82, 2.24) is 19.5 Å². The largest absolute Gasteiger partial charge is 0.363 e. The van der Waals surface area contributed by atoms with Crippen LogP contribution < -0.4 is 5.32 Å². The third kappa shape index (κ3) is 4.90. The van der Waals surface area contributed by atoms with E-state index in [4.69, 9.17) is 0 Å². The highest BCUT2D eigenvalue weighted by Gasteiger charge is 2.21. The lowest BCUT2D eigenvalue weighted by molar-refractivity contribution is 0.358. The predicted octanol–water partition coefficient (Wildman–Crippen LogP) is 0.695. The highest BCUT2D eigenvalue weighted by molar-refractivity contribution is 7.89. The fraction of sp³-hybridized carbons (Fsp3) is 0.692. The molecule has 0 aliphatic carbocycles. The first-order chi connectivity index (χ1) is 9.23. The van der Waals surface area contributed by atoms with Crippen LogP contribution in [0.15, 0.2) is 17.2 Å². The minimum absolute atomic E-state index is 0.319. The van der Waals surface area contributed by atoms with Crippen molar-refractivity contribution in [2.45, 2.75) is 31.3 Å². The van der Waals surface area contributed by atoms with Gasteiger partial charge < -0.3 is 15.2 Å². The Bertz CT molecular complexity index is 508. The molecule has 0 bridgehead atoms. The molecule has 1 heterocycles. The van der Waals surface area contributed by atoms with Crippen molar-refractivity contribution < 1.29 is 8.42 Å². The number of nitrogens with zero attached hydrogens (tertiary/aromatic N) is 2. The summed E-state index contributed by atoms with van der Waals surface area (Å²) in [6.45, 7) is 5.90. The normalized spacial score (nSPS) is 12.8. The number of sulfonamides is 1. The Morgan fingerprint density at radius 2 is 1.90 bits per heavy atom. The molecular weight excluding hydrogens is 276 g/mol. The molecule has 0 radical (unpaired) electrons. The smallest absolute Gasteiger partial charge is 0.244 e. The Morgan fingerprint density at radius 3 is 2.45 bits per heavy atom. The molecule has 0 fully saturated rings. The minimum atomic E-state index is -3.40. The first kappa shape index (κ1) is 17.2. The van der Waals surface area contributed by atoms with Crippen LogP contribution in [0.2, 0.25) is 0 Å². The summed E-state index contributed by atoms with van der Waals surface area (Å²) in [4.78, 5) is 5.29. The van der Waals surface area contributed by atoms with Gasteiger partial charge in [0.25, 0.3) is 0 Å². The van der Waals surface area contributed by atoms with E-state index < -0.39 is 10.0 Å². The minimum Gasteiger partial charge on any atom is -0.363 e. The number of hydrogen-bond acceptors (Lipinski definition) is 4. The summed E-state index contributed by atoms with van der Waals surface area (Å²) in [5.74, 6) is 0. The predicted molar refractivity (Wildman–Crippen MR) is 81.1 cm³/mol. The summed E-state index contributed by atoms with van der Waals surface area (Å²) < 4.78 is 26.1. The van der Waals surface area contributed by atoms with E-state index in [1.807, 2.05) is 19.0 Å². The van der Waals surface area contributed by atoms with Gasteiger partial charge in [-0.25, -0.2) is 8.42 Å². The topological polar surface area (TPSA) is 68.4 Å². The number of aromatic nitrogens is 1. The van der Waals surface area contributed by atoms with Crippen molar-refractivity contribution >= 4 is 10.0 Å². The van der Waals surface area contributed by atoms with Crippen LogP contribution in [0.3, 0.4) is 0 Å². The summed E-state index contributed by atoms with van der Waals surface area (Å²) >= 11 is 0. The second-order valence-corrected chi connectivity index (χ2v) is 7.57. The molecule has 1 aromatic heterocycles. The summed E-state index contributed by atoms with van der Waals surface area (Å²) in [7, 11) is 2.05. The lowest BCUT2D eigenvalue weighted by atomic mass is 10.3. The molecule has 0 unspecified atom stereocenters. The van der Waals surface area contributed by atoms with Crippen molar-refractivity contribution in [1.29, 1.82) is 0 Å². The van der Waals surface area contributed by atoms with Gasteiger partial charge in [0.05, 0.1) is 4.90 Å². The van der Waals surface area contributed by atoms with Gasteiger partial charge in [0.15, 0.2) is 0 Å². The number of hydrogen-bond donors (Lipinski definition) is 2. The molecule has 116 valence electrons. The van der Waals surface area contributed by atoms with Gasteiger partial charge >= 0.3 is 0 Å². The van der Waals surface area contributed by atoms with Crippen LogP contribution in [0.1, 0.15) is 19.5 Å². The van der Waals surface area contributed by atoms with Gasteiger partial charge in [0.2, 0.25) is 10.0 Å². The molecule has 7 heteroatoms. The van der Waals surface area contributed by atoms with Crippen molar-refractivity contribution in [2.24, 2.45) is 0 Å². The van der Waals surface area contributed by atoms with Crippen molar-refractivity contribution in [3.8, 4) is 0 Å². The third-order valence-electron chi connectivity index (χ3n) is 2.99. The molecular formula is C13H26N4O2S. The first-order valence-electron chi connectivity index (χ1n) is 6.75. The summed E-state index contributed by atoms with van der Waals surface area (Å²) in [6.07, 6.45) is 1.55. The molecule has 1 rings (SSSR count). The van der Waals surface area contributed by atoms with Gasteiger partial charge in [-0.2, -0.15) is 4.31 Å². The number of nitrogens with one attached hydrogen (secondary N) is 2. The number of H-pyrrole nitrogens is 1. The van der Waals surface area contributed by atoms with Crippen molar-refractivity contribution in [3.05, 3.63) is 18.0 Å². The average molecular weight is 302 g/mol. The molecule has 6 nitrogen and oxygen atoms in total.